The average molecular weight is 237 g/mol. The number of nitrogens with zero attached hydrogens (tertiary/aromatic N) is 3. The lowest BCUT2D eigenvalue weighted by Crippen LogP contribution is -2.50. The van der Waals surface area contributed by atoms with Crippen LogP contribution in [0.3, 0.4) is 0 Å². The van der Waals surface area contributed by atoms with Crippen LogP contribution in [0.4, 0.5) is 0 Å². The zero-order chi connectivity index (χ0) is 13.1. The summed E-state index contributed by atoms with van der Waals surface area (Å²) in [4.78, 5) is 18.9. The van der Waals surface area contributed by atoms with Crippen molar-refractivity contribution in [1.29, 1.82) is 0 Å². The van der Waals surface area contributed by atoms with Gasteiger partial charge in [0.05, 0.1) is 5.54 Å². The minimum atomic E-state index is -0.498. The molecule has 17 heavy (non-hydrogen) atoms. The summed E-state index contributed by atoms with van der Waals surface area (Å²) in [7, 11) is 0. The van der Waals surface area contributed by atoms with Crippen LogP contribution in [0.5, 0.6) is 0 Å². The van der Waals surface area contributed by atoms with Gasteiger partial charge in [0.2, 0.25) is 5.78 Å². The number of imidazole rings is 1. The van der Waals surface area contributed by atoms with E-state index in [-0.39, 0.29) is 5.78 Å². The van der Waals surface area contributed by atoms with Gasteiger partial charge >= 0.3 is 0 Å². The van der Waals surface area contributed by atoms with Crippen LogP contribution in [0.1, 0.15) is 45.2 Å². The van der Waals surface area contributed by atoms with Gasteiger partial charge in [-0.25, -0.2) is 4.98 Å². The van der Waals surface area contributed by atoms with E-state index in [4.69, 9.17) is 0 Å². The topological polar surface area (TPSA) is 38.1 Å². The zero-order valence-corrected chi connectivity index (χ0v) is 11.5. The Morgan fingerprint density at radius 2 is 1.94 bits per heavy atom. The van der Waals surface area contributed by atoms with Crippen LogP contribution in [-0.4, -0.2) is 38.9 Å². The van der Waals surface area contributed by atoms with Crippen molar-refractivity contribution in [1.82, 2.24) is 14.5 Å². The first-order chi connectivity index (χ1) is 7.98. The van der Waals surface area contributed by atoms with Crippen molar-refractivity contribution in [2.45, 2.75) is 46.7 Å². The number of carbonyl (C=O) groups is 1. The third kappa shape index (κ3) is 2.57. The second kappa shape index (κ2) is 5.45. The van der Waals surface area contributed by atoms with Crippen LogP contribution in [-0.2, 0) is 6.54 Å². The van der Waals surface area contributed by atoms with Crippen LogP contribution in [0.2, 0.25) is 0 Å². The minimum absolute atomic E-state index is 0.0908. The molecule has 1 rings (SSSR count). The summed E-state index contributed by atoms with van der Waals surface area (Å²) < 4.78 is 1.90. The average Bonchev–Trinajstić information content (AvgIpc) is 2.77. The van der Waals surface area contributed by atoms with Crippen LogP contribution in [0.15, 0.2) is 12.4 Å². The van der Waals surface area contributed by atoms with E-state index in [1.54, 1.807) is 6.20 Å². The third-order valence-corrected chi connectivity index (χ3v) is 3.37. The van der Waals surface area contributed by atoms with Crippen LogP contribution < -0.4 is 0 Å². The number of carbonyl (C=O) groups excluding carboxylic acids is 1. The Hall–Kier alpha value is -1.16. The van der Waals surface area contributed by atoms with Gasteiger partial charge in [0.15, 0.2) is 5.82 Å². The SMILES string of the molecule is CCN(CC)C(C)(C)C(=O)c1nccn1CC. The maximum Gasteiger partial charge on any atom is 0.217 e. The van der Waals surface area contributed by atoms with Gasteiger partial charge in [-0.05, 0) is 33.9 Å². The fraction of sp³-hybridized carbons (Fsp3) is 0.692. The van der Waals surface area contributed by atoms with Crippen molar-refractivity contribution < 1.29 is 4.79 Å². The summed E-state index contributed by atoms with van der Waals surface area (Å²) in [6, 6.07) is 0. The highest BCUT2D eigenvalue weighted by molar-refractivity contribution is 6.00. The van der Waals surface area contributed by atoms with Gasteiger partial charge in [0, 0.05) is 18.9 Å². The first-order valence-electron chi connectivity index (χ1n) is 6.29. The summed E-state index contributed by atoms with van der Waals surface area (Å²) in [5.74, 6) is 0.650. The van der Waals surface area contributed by atoms with E-state index >= 15 is 0 Å². The standard InChI is InChI=1S/C13H23N3O/c1-6-15-10-9-14-12(15)11(17)13(4,5)16(7-2)8-3/h9-10H,6-8H2,1-5H3. The number of Topliss-reactive ketones (excluding diaryl/α,β-unsaturated/α-hetero) is 1. The van der Waals surface area contributed by atoms with Gasteiger partial charge in [-0.1, -0.05) is 13.8 Å². The molecule has 0 N–H and O–H groups in total. The minimum Gasteiger partial charge on any atom is -0.329 e. The van der Waals surface area contributed by atoms with Crippen LogP contribution >= 0.6 is 0 Å². The molecule has 0 unspecified atom stereocenters. The van der Waals surface area contributed by atoms with Gasteiger partial charge in [0.25, 0.3) is 0 Å². The predicted octanol–water partition coefficient (Wildman–Crippen LogP) is 2.21. The molecule has 0 bridgehead atoms. The molecule has 4 nitrogen and oxygen atoms in total. The zero-order valence-electron chi connectivity index (χ0n) is 11.5. The van der Waals surface area contributed by atoms with Gasteiger partial charge in [-0.2, -0.15) is 0 Å². The van der Waals surface area contributed by atoms with Crippen molar-refractivity contribution in [3.05, 3.63) is 18.2 Å². The molecule has 1 heterocycles. The largest absolute Gasteiger partial charge is 0.329 e. The number of likely N-dealkylation sites (N-methyl/N-ethyl adjacent to an activating group) is 1. The Bertz CT molecular complexity index is 378. The van der Waals surface area contributed by atoms with E-state index in [2.05, 4.69) is 23.7 Å². The summed E-state index contributed by atoms with van der Waals surface area (Å²) in [6.07, 6.45) is 3.54. The summed E-state index contributed by atoms with van der Waals surface area (Å²) in [6.45, 7) is 12.6. The summed E-state index contributed by atoms with van der Waals surface area (Å²) in [5.41, 5.74) is -0.498. The quantitative estimate of drug-likeness (QED) is 0.712. The van der Waals surface area contributed by atoms with Crippen molar-refractivity contribution in [2.75, 3.05) is 13.1 Å². The van der Waals surface area contributed by atoms with Crippen LogP contribution in [0, 0.1) is 0 Å². The van der Waals surface area contributed by atoms with Crippen LogP contribution in [0.25, 0.3) is 0 Å². The highest BCUT2D eigenvalue weighted by Gasteiger charge is 2.35. The Morgan fingerprint density at radius 3 is 2.41 bits per heavy atom. The lowest BCUT2D eigenvalue weighted by atomic mass is 9.95. The second-order valence-corrected chi connectivity index (χ2v) is 4.60. The molecule has 0 saturated heterocycles. The molecule has 1 aromatic heterocycles. The van der Waals surface area contributed by atoms with E-state index < -0.39 is 5.54 Å². The molecule has 0 atom stereocenters. The molecular formula is C13H23N3O. The number of aromatic nitrogens is 2. The van der Waals surface area contributed by atoms with Gasteiger partial charge < -0.3 is 4.57 Å². The molecule has 0 fully saturated rings. The predicted molar refractivity (Wildman–Crippen MR) is 69.2 cm³/mol. The van der Waals surface area contributed by atoms with Crippen molar-refractivity contribution >= 4 is 5.78 Å². The smallest absolute Gasteiger partial charge is 0.217 e. The maximum absolute atomic E-state index is 12.5. The number of rotatable bonds is 6. The second-order valence-electron chi connectivity index (χ2n) is 4.60. The van der Waals surface area contributed by atoms with Crippen molar-refractivity contribution in [3.63, 3.8) is 0 Å². The Labute approximate surface area is 104 Å². The van der Waals surface area contributed by atoms with Gasteiger partial charge in [-0.3, -0.25) is 9.69 Å². The molecule has 0 aromatic carbocycles. The first kappa shape index (κ1) is 13.9. The Morgan fingerprint density at radius 1 is 1.35 bits per heavy atom. The molecule has 4 heteroatoms. The molecule has 0 saturated carbocycles. The molecule has 0 amide bonds. The number of hydrogen-bond acceptors (Lipinski definition) is 3. The van der Waals surface area contributed by atoms with Crippen molar-refractivity contribution in [3.8, 4) is 0 Å². The lowest BCUT2D eigenvalue weighted by molar-refractivity contribution is 0.0653. The van der Waals surface area contributed by atoms with Gasteiger partial charge in [-0.15, -0.1) is 0 Å². The molecule has 0 radical (unpaired) electrons. The fourth-order valence-corrected chi connectivity index (χ4v) is 2.20. The molecule has 0 spiro atoms. The molecule has 0 aliphatic carbocycles. The first-order valence-corrected chi connectivity index (χ1v) is 6.29. The molecule has 0 aliphatic rings. The molecule has 96 valence electrons. The van der Waals surface area contributed by atoms with E-state index in [1.807, 2.05) is 31.5 Å². The van der Waals surface area contributed by atoms with Gasteiger partial charge in [0.1, 0.15) is 0 Å². The fourth-order valence-electron chi connectivity index (χ4n) is 2.20. The highest BCUT2D eigenvalue weighted by atomic mass is 16.1. The third-order valence-electron chi connectivity index (χ3n) is 3.37. The van der Waals surface area contributed by atoms with E-state index in [0.717, 1.165) is 19.6 Å². The van der Waals surface area contributed by atoms with E-state index in [1.165, 1.54) is 0 Å². The monoisotopic (exact) mass is 237 g/mol. The lowest BCUT2D eigenvalue weighted by Gasteiger charge is -2.35. The normalized spacial score (nSPS) is 12.1. The summed E-state index contributed by atoms with van der Waals surface area (Å²) >= 11 is 0. The number of hydrogen-bond donors (Lipinski definition) is 0. The Balaban J connectivity index is 3.03. The molecular weight excluding hydrogens is 214 g/mol. The molecule has 1 aromatic rings. The van der Waals surface area contributed by atoms with E-state index in [0.29, 0.717) is 5.82 Å². The molecule has 0 aliphatic heterocycles. The number of aryl methyl sites for hydroxylation is 1. The summed E-state index contributed by atoms with van der Waals surface area (Å²) in [5, 5.41) is 0. The van der Waals surface area contributed by atoms with Crippen molar-refractivity contribution in [2.24, 2.45) is 0 Å². The highest BCUT2D eigenvalue weighted by Crippen LogP contribution is 2.19. The Kier molecular flexibility index (Phi) is 4.46. The van der Waals surface area contributed by atoms with E-state index in [9.17, 15) is 4.79 Å². The number of ketones is 1. The maximum atomic E-state index is 12.5.